The van der Waals surface area contributed by atoms with E-state index in [1.165, 1.54) is 6.07 Å². The summed E-state index contributed by atoms with van der Waals surface area (Å²) in [6.07, 6.45) is 0. The fourth-order valence-corrected chi connectivity index (χ4v) is 1.71. The topological polar surface area (TPSA) is 77.2 Å². The van der Waals surface area contributed by atoms with Crippen molar-refractivity contribution in [3.63, 3.8) is 0 Å². The number of carbonyl (C=O) groups is 1. The van der Waals surface area contributed by atoms with Crippen molar-refractivity contribution in [3.8, 4) is 6.07 Å². The molecule has 0 spiro atoms. The van der Waals surface area contributed by atoms with Crippen LogP contribution in [0.25, 0.3) is 0 Å². The van der Waals surface area contributed by atoms with Crippen molar-refractivity contribution in [2.75, 3.05) is 11.9 Å². The van der Waals surface area contributed by atoms with Gasteiger partial charge in [0.05, 0.1) is 11.3 Å². The van der Waals surface area contributed by atoms with E-state index in [0.29, 0.717) is 17.1 Å². The fourth-order valence-electron chi connectivity index (χ4n) is 1.71. The maximum absolute atomic E-state index is 10.9. The molecule has 2 rings (SSSR count). The van der Waals surface area contributed by atoms with Crippen LogP contribution in [-0.2, 0) is 0 Å². The molecule has 1 aromatic heterocycles. The van der Waals surface area contributed by atoms with Gasteiger partial charge >= 0.3 is 5.97 Å². The predicted octanol–water partition coefficient (Wildman–Crippen LogP) is 2.42. The Bertz CT molecular complexity index is 662. The van der Waals surface area contributed by atoms with Crippen LogP contribution in [0.5, 0.6) is 0 Å². The van der Waals surface area contributed by atoms with E-state index in [4.69, 9.17) is 10.4 Å². The Morgan fingerprint density at radius 1 is 1.26 bits per heavy atom. The van der Waals surface area contributed by atoms with Gasteiger partial charge in [0, 0.05) is 7.05 Å². The summed E-state index contributed by atoms with van der Waals surface area (Å²) in [5.74, 6) is -0.605. The lowest BCUT2D eigenvalue weighted by Gasteiger charge is -2.19. The Kier molecular flexibility index (Phi) is 3.44. The summed E-state index contributed by atoms with van der Waals surface area (Å²) in [5, 5.41) is 18.0. The van der Waals surface area contributed by atoms with Gasteiger partial charge in [0.25, 0.3) is 0 Å². The van der Waals surface area contributed by atoms with Crippen molar-refractivity contribution in [3.05, 3.63) is 53.7 Å². The standard InChI is InChI=1S/C14H11N3O2/c1-17(12-7-3-2-5-10(12)9-15)13-8-4-6-11(16-13)14(18)19/h2-8H,1H3,(H,18,19). The molecule has 5 heteroatoms. The van der Waals surface area contributed by atoms with E-state index < -0.39 is 5.97 Å². The maximum Gasteiger partial charge on any atom is 0.354 e. The molecule has 0 amide bonds. The second-order valence-corrected chi connectivity index (χ2v) is 3.87. The number of hydrogen-bond acceptors (Lipinski definition) is 4. The number of aromatic carboxylic acids is 1. The first-order valence-electron chi connectivity index (χ1n) is 5.56. The Morgan fingerprint density at radius 2 is 2.00 bits per heavy atom. The molecule has 0 atom stereocenters. The third-order valence-electron chi connectivity index (χ3n) is 2.68. The average Bonchev–Trinajstić information content (AvgIpc) is 2.46. The maximum atomic E-state index is 10.9. The number of carboxylic acid groups (broad SMARTS) is 1. The smallest absolute Gasteiger partial charge is 0.354 e. The van der Waals surface area contributed by atoms with Crippen LogP contribution in [0.2, 0.25) is 0 Å². The highest BCUT2D eigenvalue weighted by molar-refractivity contribution is 5.86. The van der Waals surface area contributed by atoms with Gasteiger partial charge in [-0.25, -0.2) is 9.78 Å². The lowest BCUT2D eigenvalue weighted by molar-refractivity contribution is 0.0690. The highest BCUT2D eigenvalue weighted by Crippen LogP contribution is 2.25. The van der Waals surface area contributed by atoms with Gasteiger partial charge in [-0.05, 0) is 24.3 Å². The van der Waals surface area contributed by atoms with E-state index >= 15 is 0 Å². The van der Waals surface area contributed by atoms with Crippen LogP contribution in [0, 0.1) is 11.3 Å². The molecule has 0 bridgehead atoms. The molecule has 0 saturated carbocycles. The number of carboxylic acids is 1. The second-order valence-electron chi connectivity index (χ2n) is 3.87. The summed E-state index contributed by atoms with van der Waals surface area (Å²) in [4.78, 5) is 16.6. The summed E-state index contributed by atoms with van der Waals surface area (Å²) in [6.45, 7) is 0. The third-order valence-corrected chi connectivity index (χ3v) is 2.68. The van der Waals surface area contributed by atoms with Gasteiger partial charge in [0.2, 0.25) is 0 Å². The minimum atomic E-state index is -1.08. The lowest BCUT2D eigenvalue weighted by Crippen LogP contribution is -2.14. The van der Waals surface area contributed by atoms with Crippen molar-refractivity contribution >= 4 is 17.5 Å². The van der Waals surface area contributed by atoms with Crippen LogP contribution in [0.15, 0.2) is 42.5 Å². The molecule has 0 radical (unpaired) electrons. The average molecular weight is 253 g/mol. The summed E-state index contributed by atoms with van der Waals surface area (Å²) < 4.78 is 0. The number of aromatic nitrogens is 1. The molecule has 5 nitrogen and oxygen atoms in total. The molecule has 0 unspecified atom stereocenters. The Labute approximate surface area is 110 Å². The zero-order chi connectivity index (χ0) is 13.8. The van der Waals surface area contributed by atoms with E-state index in [9.17, 15) is 4.79 Å². The van der Waals surface area contributed by atoms with Crippen LogP contribution in [0.4, 0.5) is 11.5 Å². The first-order chi connectivity index (χ1) is 9.13. The van der Waals surface area contributed by atoms with E-state index in [-0.39, 0.29) is 5.69 Å². The third kappa shape index (κ3) is 2.53. The van der Waals surface area contributed by atoms with Gasteiger partial charge in [0.1, 0.15) is 11.9 Å². The van der Waals surface area contributed by atoms with Crippen LogP contribution >= 0.6 is 0 Å². The zero-order valence-electron chi connectivity index (χ0n) is 10.2. The predicted molar refractivity (Wildman–Crippen MR) is 70.4 cm³/mol. The Morgan fingerprint density at radius 3 is 2.68 bits per heavy atom. The van der Waals surface area contributed by atoms with Gasteiger partial charge in [-0.2, -0.15) is 5.26 Å². The molecular weight excluding hydrogens is 242 g/mol. The molecule has 0 aliphatic carbocycles. The van der Waals surface area contributed by atoms with Gasteiger partial charge in [0.15, 0.2) is 5.69 Å². The number of pyridine rings is 1. The highest BCUT2D eigenvalue weighted by Gasteiger charge is 2.12. The van der Waals surface area contributed by atoms with Crippen molar-refractivity contribution in [1.82, 2.24) is 4.98 Å². The highest BCUT2D eigenvalue weighted by atomic mass is 16.4. The van der Waals surface area contributed by atoms with E-state index in [2.05, 4.69) is 11.1 Å². The van der Waals surface area contributed by atoms with Gasteiger partial charge in [-0.3, -0.25) is 0 Å². The summed E-state index contributed by atoms with van der Waals surface area (Å²) >= 11 is 0. The molecule has 0 aliphatic rings. The quantitative estimate of drug-likeness (QED) is 0.908. The second kappa shape index (κ2) is 5.19. The van der Waals surface area contributed by atoms with Crippen LogP contribution < -0.4 is 4.90 Å². The van der Waals surface area contributed by atoms with Crippen molar-refractivity contribution in [2.24, 2.45) is 0 Å². The first kappa shape index (κ1) is 12.6. The van der Waals surface area contributed by atoms with E-state index in [1.54, 1.807) is 42.3 Å². The molecule has 19 heavy (non-hydrogen) atoms. The minimum Gasteiger partial charge on any atom is -0.477 e. The molecule has 2 aromatic rings. The van der Waals surface area contributed by atoms with E-state index in [1.807, 2.05) is 6.07 Å². The molecule has 0 fully saturated rings. The van der Waals surface area contributed by atoms with Crippen molar-refractivity contribution < 1.29 is 9.90 Å². The van der Waals surface area contributed by atoms with Gasteiger partial charge in [-0.15, -0.1) is 0 Å². The van der Waals surface area contributed by atoms with Gasteiger partial charge in [-0.1, -0.05) is 18.2 Å². The Hall–Kier alpha value is -2.87. The molecule has 0 aliphatic heterocycles. The molecule has 0 saturated heterocycles. The number of nitrogens with zero attached hydrogens (tertiary/aromatic N) is 3. The van der Waals surface area contributed by atoms with E-state index in [0.717, 1.165) is 0 Å². The largest absolute Gasteiger partial charge is 0.477 e. The first-order valence-corrected chi connectivity index (χ1v) is 5.56. The van der Waals surface area contributed by atoms with Crippen LogP contribution in [0.3, 0.4) is 0 Å². The number of rotatable bonds is 3. The van der Waals surface area contributed by atoms with Crippen molar-refractivity contribution in [1.29, 1.82) is 5.26 Å². The van der Waals surface area contributed by atoms with Crippen molar-refractivity contribution in [2.45, 2.75) is 0 Å². The normalized spacial score (nSPS) is 9.68. The molecule has 1 N–H and O–H groups in total. The number of anilines is 2. The fraction of sp³-hybridized carbons (Fsp3) is 0.0714. The number of hydrogen-bond donors (Lipinski definition) is 1. The minimum absolute atomic E-state index is 0.0289. The molecule has 1 heterocycles. The zero-order valence-corrected chi connectivity index (χ0v) is 10.2. The number of benzene rings is 1. The lowest BCUT2D eigenvalue weighted by atomic mass is 10.2. The number of para-hydroxylation sites is 1. The summed E-state index contributed by atoms with van der Waals surface area (Å²) in [7, 11) is 1.74. The molecule has 1 aromatic carbocycles. The SMILES string of the molecule is CN(c1cccc(C(=O)O)n1)c1ccccc1C#N. The van der Waals surface area contributed by atoms with Crippen LogP contribution in [-0.4, -0.2) is 23.1 Å². The monoisotopic (exact) mass is 253 g/mol. The molecular formula is C14H11N3O2. The summed E-state index contributed by atoms with van der Waals surface area (Å²) in [5.41, 5.74) is 1.16. The summed E-state index contributed by atoms with van der Waals surface area (Å²) in [6, 6.07) is 13.9. The Balaban J connectivity index is 2.44. The van der Waals surface area contributed by atoms with Gasteiger partial charge < -0.3 is 10.0 Å². The number of nitriles is 1. The van der Waals surface area contributed by atoms with Crippen LogP contribution in [0.1, 0.15) is 16.1 Å². The molecule has 94 valence electrons.